The molecule has 7 nitrogen and oxygen atoms in total. The summed E-state index contributed by atoms with van der Waals surface area (Å²) >= 11 is 11.9. The van der Waals surface area contributed by atoms with Gasteiger partial charge in [0.05, 0.1) is 15.7 Å². The van der Waals surface area contributed by atoms with Crippen molar-refractivity contribution in [1.82, 2.24) is 9.80 Å². The number of rotatable bonds is 3. The van der Waals surface area contributed by atoms with Gasteiger partial charge in [0.15, 0.2) is 0 Å². The van der Waals surface area contributed by atoms with Crippen LogP contribution in [0.2, 0.25) is 10.0 Å². The Balaban J connectivity index is 1.93. The predicted molar refractivity (Wildman–Crippen MR) is 106 cm³/mol. The number of ether oxygens (including phenoxy) is 1. The summed E-state index contributed by atoms with van der Waals surface area (Å²) in [7, 11) is 4.66. The van der Waals surface area contributed by atoms with Gasteiger partial charge in [0.2, 0.25) is 0 Å². The maximum atomic E-state index is 13.0. The molecule has 2 aromatic rings. The minimum Gasteiger partial charge on any atom is -0.410 e. The van der Waals surface area contributed by atoms with Gasteiger partial charge >= 0.3 is 12.1 Å². The number of likely N-dealkylation sites (N-methyl/N-ethyl adjacent to an activating group) is 1. The fourth-order valence-electron chi connectivity index (χ4n) is 2.82. The van der Waals surface area contributed by atoms with Crippen molar-refractivity contribution in [1.29, 1.82) is 0 Å². The highest BCUT2D eigenvalue weighted by atomic mass is 35.5. The second-order valence-corrected chi connectivity index (χ2v) is 7.22. The zero-order chi connectivity index (χ0) is 20.6. The van der Waals surface area contributed by atoms with Gasteiger partial charge in [-0.2, -0.15) is 0 Å². The van der Waals surface area contributed by atoms with Gasteiger partial charge in [-0.05, 0) is 35.9 Å². The minimum absolute atomic E-state index is 0.239. The van der Waals surface area contributed by atoms with E-state index in [1.807, 2.05) is 0 Å². The number of nitrogens with zero attached hydrogens (tertiary/aromatic N) is 3. The standard InChI is InChI=1S/C19H17Cl2N3O4/c1-22(2)19(27)28-13-6-4-5-11(9-13)16-17(25)24(18(26)23(16)3)12-7-8-14(20)15(21)10-12/h4-10,16H,1-3H3. The first-order valence-electron chi connectivity index (χ1n) is 8.25. The number of benzene rings is 2. The van der Waals surface area contributed by atoms with Crippen molar-refractivity contribution in [3.05, 3.63) is 58.1 Å². The van der Waals surface area contributed by atoms with Crippen LogP contribution in [-0.2, 0) is 4.79 Å². The lowest BCUT2D eigenvalue weighted by Crippen LogP contribution is -2.31. The SMILES string of the molecule is CN(C)C(=O)Oc1cccc(C2C(=O)N(c3ccc(Cl)c(Cl)c3)C(=O)N2C)c1. The van der Waals surface area contributed by atoms with Crippen molar-refractivity contribution < 1.29 is 19.1 Å². The molecule has 3 rings (SSSR count). The second kappa shape index (κ2) is 7.69. The number of hydrogen-bond acceptors (Lipinski definition) is 4. The van der Waals surface area contributed by atoms with E-state index >= 15 is 0 Å². The summed E-state index contributed by atoms with van der Waals surface area (Å²) in [6, 6.07) is 9.69. The van der Waals surface area contributed by atoms with Gasteiger partial charge in [-0.1, -0.05) is 35.3 Å². The summed E-state index contributed by atoms with van der Waals surface area (Å²) in [6.07, 6.45) is -0.545. The smallest absolute Gasteiger partial charge is 0.410 e. The molecule has 4 amide bonds. The van der Waals surface area contributed by atoms with Crippen LogP contribution in [0.25, 0.3) is 0 Å². The van der Waals surface area contributed by atoms with Gasteiger partial charge in [-0.25, -0.2) is 14.5 Å². The monoisotopic (exact) mass is 421 g/mol. The first-order valence-corrected chi connectivity index (χ1v) is 9.01. The topological polar surface area (TPSA) is 70.2 Å². The summed E-state index contributed by atoms with van der Waals surface area (Å²) in [5, 5.41) is 0.563. The molecule has 1 aliphatic heterocycles. The molecule has 1 aliphatic rings. The Morgan fingerprint density at radius 2 is 1.79 bits per heavy atom. The average Bonchev–Trinajstić information content (AvgIpc) is 2.86. The molecule has 2 aromatic carbocycles. The third-order valence-corrected chi connectivity index (χ3v) is 4.98. The minimum atomic E-state index is -0.861. The Morgan fingerprint density at radius 3 is 2.43 bits per heavy atom. The Morgan fingerprint density at radius 1 is 1.07 bits per heavy atom. The zero-order valence-electron chi connectivity index (χ0n) is 15.3. The van der Waals surface area contributed by atoms with Crippen LogP contribution in [0.15, 0.2) is 42.5 Å². The number of halogens is 2. The largest absolute Gasteiger partial charge is 0.414 e. The molecular formula is C19H17Cl2N3O4. The number of urea groups is 1. The number of carbonyl (C=O) groups is 3. The van der Waals surface area contributed by atoms with Crippen LogP contribution in [-0.4, -0.2) is 49.0 Å². The Bertz CT molecular complexity index is 964. The fourth-order valence-corrected chi connectivity index (χ4v) is 3.11. The highest BCUT2D eigenvalue weighted by Crippen LogP contribution is 2.36. The molecular weight excluding hydrogens is 405 g/mol. The van der Waals surface area contributed by atoms with E-state index in [0.717, 1.165) is 4.90 Å². The van der Waals surface area contributed by atoms with Crippen LogP contribution < -0.4 is 9.64 Å². The summed E-state index contributed by atoms with van der Waals surface area (Å²) in [4.78, 5) is 41.2. The van der Waals surface area contributed by atoms with E-state index in [-0.39, 0.29) is 10.8 Å². The summed E-state index contributed by atoms with van der Waals surface area (Å²) in [5.41, 5.74) is 0.849. The van der Waals surface area contributed by atoms with Crippen molar-refractivity contribution in [3.8, 4) is 5.75 Å². The Labute approximate surface area is 172 Å². The summed E-state index contributed by atoms with van der Waals surface area (Å²) < 4.78 is 5.24. The average molecular weight is 422 g/mol. The maximum absolute atomic E-state index is 13.0. The van der Waals surface area contributed by atoms with Gasteiger partial charge in [0, 0.05) is 21.1 Å². The molecule has 1 unspecified atom stereocenters. The van der Waals surface area contributed by atoms with E-state index in [4.69, 9.17) is 27.9 Å². The highest BCUT2D eigenvalue weighted by molar-refractivity contribution is 6.42. The Kier molecular flexibility index (Phi) is 5.49. The van der Waals surface area contributed by atoms with E-state index in [1.54, 1.807) is 44.4 Å². The molecule has 0 radical (unpaired) electrons. The van der Waals surface area contributed by atoms with Crippen LogP contribution in [0, 0.1) is 0 Å². The number of amides is 4. The molecule has 0 aromatic heterocycles. The normalized spacial score (nSPS) is 16.5. The van der Waals surface area contributed by atoms with Crippen molar-refractivity contribution in [3.63, 3.8) is 0 Å². The van der Waals surface area contributed by atoms with Crippen molar-refractivity contribution in [2.75, 3.05) is 26.0 Å². The maximum Gasteiger partial charge on any atom is 0.414 e. The van der Waals surface area contributed by atoms with Crippen LogP contribution in [0.1, 0.15) is 11.6 Å². The fraction of sp³-hybridized carbons (Fsp3) is 0.211. The molecule has 1 fully saturated rings. The number of carbonyl (C=O) groups excluding carboxylic acids is 3. The third-order valence-electron chi connectivity index (χ3n) is 4.24. The molecule has 1 saturated heterocycles. The van der Waals surface area contributed by atoms with Crippen LogP contribution in [0.4, 0.5) is 15.3 Å². The van der Waals surface area contributed by atoms with Crippen LogP contribution in [0.3, 0.4) is 0 Å². The summed E-state index contributed by atoms with van der Waals surface area (Å²) in [6.45, 7) is 0. The van der Waals surface area contributed by atoms with E-state index in [9.17, 15) is 14.4 Å². The molecule has 9 heteroatoms. The number of imide groups is 1. The first-order chi connectivity index (χ1) is 13.2. The van der Waals surface area contributed by atoms with E-state index in [2.05, 4.69) is 0 Å². The lowest BCUT2D eigenvalue weighted by molar-refractivity contribution is -0.119. The van der Waals surface area contributed by atoms with Crippen LogP contribution in [0.5, 0.6) is 5.75 Å². The molecule has 0 saturated carbocycles. The lowest BCUT2D eigenvalue weighted by atomic mass is 10.1. The zero-order valence-corrected chi connectivity index (χ0v) is 16.9. The van der Waals surface area contributed by atoms with E-state index in [0.29, 0.717) is 16.3 Å². The Hall–Kier alpha value is -2.77. The number of anilines is 1. The molecule has 0 bridgehead atoms. The molecule has 1 heterocycles. The molecule has 146 valence electrons. The lowest BCUT2D eigenvalue weighted by Gasteiger charge is -2.17. The van der Waals surface area contributed by atoms with E-state index in [1.165, 1.54) is 29.0 Å². The summed E-state index contributed by atoms with van der Waals surface area (Å²) in [5.74, 6) is -0.167. The highest BCUT2D eigenvalue weighted by Gasteiger charge is 2.45. The molecule has 0 N–H and O–H groups in total. The first kappa shape index (κ1) is 20.0. The van der Waals surface area contributed by atoms with Crippen LogP contribution >= 0.6 is 23.2 Å². The molecule has 0 spiro atoms. The van der Waals surface area contributed by atoms with Crippen molar-refractivity contribution in [2.24, 2.45) is 0 Å². The van der Waals surface area contributed by atoms with Gasteiger partial charge in [-0.15, -0.1) is 0 Å². The van der Waals surface area contributed by atoms with Gasteiger partial charge in [0.25, 0.3) is 5.91 Å². The number of hydrogen-bond donors (Lipinski definition) is 0. The van der Waals surface area contributed by atoms with Gasteiger partial charge in [-0.3, -0.25) is 4.79 Å². The van der Waals surface area contributed by atoms with Crippen molar-refractivity contribution in [2.45, 2.75) is 6.04 Å². The third kappa shape index (κ3) is 3.63. The van der Waals surface area contributed by atoms with Gasteiger partial charge in [0.1, 0.15) is 11.8 Å². The quantitative estimate of drug-likeness (QED) is 0.696. The predicted octanol–water partition coefficient (Wildman–Crippen LogP) is 4.19. The second-order valence-electron chi connectivity index (χ2n) is 6.40. The molecule has 1 atom stereocenters. The van der Waals surface area contributed by atoms with E-state index < -0.39 is 24.1 Å². The molecule has 0 aliphatic carbocycles. The molecule has 28 heavy (non-hydrogen) atoms. The van der Waals surface area contributed by atoms with Crippen molar-refractivity contribution >= 4 is 46.9 Å². The van der Waals surface area contributed by atoms with Gasteiger partial charge < -0.3 is 14.5 Å².